The predicted octanol–water partition coefficient (Wildman–Crippen LogP) is 2.95. The van der Waals surface area contributed by atoms with Gasteiger partial charge in [-0.15, -0.1) is 6.58 Å². The molecular weight excluding hydrogens is 445 g/mol. The van der Waals surface area contributed by atoms with Crippen LogP contribution in [-0.2, 0) is 10.0 Å². The van der Waals surface area contributed by atoms with Gasteiger partial charge in [-0.3, -0.25) is 14.1 Å². The van der Waals surface area contributed by atoms with E-state index in [1.54, 1.807) is 47.4 Å². The van der Waals surface area contributed by atoms with Gasteiger partial charge in [0.25, 0.3) is 5.91 Å². The number of benzene rings is 1. The van der Waals surface area contributed by atoms with Crippen LogP contribution in [0.25, 0.3) is 16.6 Å². The lowest BCUT2D eigenvalue weighted by Gasteiger charge is -2.25. The number of aromatic nitrogens is 3. The van der Waals surface area contributed by atoms with Crippen molar-refractivity contribution in [2.24, 2.45) is 0 Å². The summed E-state index contributed by atoms with van der Waals surface area (Å²) < 4.78 is 39.5. The van der Waals surface area contributed by atoms with Crippen LogP contribution in [0.3, 0.4) is 0 Å². The van der Waals surface area contributed by atoms with E-state index in [4.69, 9.17) is 0 Å². The quantitative estimate of drug-likeness (QED) is 0.539. The van der Waals surface area contributed by atoms with E-state index in [0.29, 0.717) is 28.6 Å². The molecule has 8 nitrogen and oxygen atoms in total. The maximum atomic E-state index is 13.3. The Morgan fingerprint density at radius 1 is 1.27 bits per heavy atom. The van der Waals surface area contributed by atoms with Gasteiger partial charge >= 0.3 is 0 Å². The van der Waals surface area contributed by atoms with Crippen molar-refractivity contribution in [1.29, 1.82) is 0 Å². The van der Waals surface area contributed by atoms with E-state index in [2.05, 4.69) is 22.0 Å². The zero-order chi connectivity index (χ0) is 23.6. The van der Waals surface area contributed by atoms with Crippen molar-refractivity contribution in [2.45, 2.75) is 12.5 Å². The number of rotatable bonds is 7. The Kier molecular flexibility index (Phi) is 6.10. The highest BCUT2D eigenvalue weighted by Gasteiger charge is 2.22. The first kappa shape index (κ1) is 22.4. The summed E-state index contributed by atoms with van der Waals surface area (Å²) in [5.41, 5.74) is 2.37. The minimum atomic E-state index is -3.34. The molecule has 3 aromatic rings. The van der Waals surface area contributed by atoms with Gasteiger partial charge in [0.1, 0.15) is 5.82 Å². The largest absolute Gasteiger partial charge is 0.345 e. The van der Waals surface area contributed by atoms with Crippen LogP contribution in [0.1, 0.15) is 16.8 Å². The monoisotopic (exact) mass is 467 g/mol. The van der Waals surface area contributed by atoms with Crippen LogP contribution in [0.15, 0.2) is 79.4 Å². The number of carbonyl (C=O) groups excluding carboxylic acids is 1. The van der Waals surface area contributed by atoms with Gasteiger partial charge in [0.05, 0.1) is 48.0 Å². The molecule has 1 aromatic carbocycles. The highest BCUT2D eigenvalue weighted by Crippen LogP contribution is 2.22. The third-order valence-electron chi connectivity index (χ3n) is 5.29. The Hall–Kier alpha value is -3.79. The van der Waals surface area contributed by atoms with Crippen LogP contribution >= 0.6 is 0 Å². The fourth-order valence-electron chi connectivity index (χ4n) is 3.59. The van der Waals surface area contributed by atoms with Gasteiger partial charge in [-0.25, -0.2) is 17.5 Å². The number of hydrogen-bond donors (Lipinski definition) is 1. The minimum absolute atomic E-state index is 0.190. The van der Waals surface area contributed by atoms with E-state index in [0.717, 1.165) is 11.8 Å². The van der Waals surface area contributed by atoms with Crippen molar-refractivity contribution in [3.63, 3.8) is 0 Å². The summed E-state index contributed by atoms with van der Waals surface area (Å²) >= 11 is 0. The molecule has 0 radical (unpaired) electrons. The number of pyridine rings is 1. The van der Waals surface area contributed by atoms with Crippen molar-refractivity contribution < 1.29 is 17.6 Å². The molecule has 0 saturated heterocycles. The lowest BCUT2D eigenvalue weighted by atomic mass is 10.0. The van der Waals surface area contributed by atoms with Crippen molar-refractivity contribution in [1.82, 2.24) is 24.4 Å². The smallest absolute Gasteiger partial charge is 0.254 e. The van der Waals surface area contributed by atoms with Gasteiger partial charge in [-0.1, -0.05) is 12.2 Å². The van der Waals surface area contributed by atoms with E-state index in [1.807, 2.05) is 0 Å². The van der Waals surface area contributed by atoms with Gasteiger partial charge in [0, 0.05) is 17.8 Å². The molecule has 0 saturated carbocycles. The van der Waals surface area contributed by atoms with Crippen molar-refractivity contribution >= 4 is 26.8 Å². The topological polar surface area (TPSA) is 97.2 Å². The van der Waals surface area contributed by atoms with Gasteiger partial charge in [0.2, 0.25) is 10.0 Å². The summed E-state index contributed by atoms with van der Waals surface area (Å²) in [4.78, 5) is 17.4. The molecule has 1 atom stereocenters. The molecule has 0 aliphatic carbocycles. The fraction of sp³-hybridized carbons (Fsp3) is 0.174. The average Bonchev–Trinajstić information content (AvgIpc) is 3.23. The Labute approximate surface area is 190 Å². The number of nitrogens with zero attached hydrogens (tertiary/aromatic N) is 4. The third kappa shape index (κ3) is 4.70. The number of carbonyl (C=O) groups is 1. The molecule has 33 heavy (non-hydrogen) atoms. The fourth-order valence-corrected chi connectivity index (χ4v) is 4.22. The first-order valence-electron chi connectivity index (χ1n) is 10.1. The molecule has 170 valence electrons. The van der Waals surface area contributed by atoms with Crippen molar-refractivity contribution in [3.05, 3.63) is 90.8 Å². The summed E-state index contributed by atoms with van der Waals surface area (Å²) in [5, 5.41) is 7.93. The number of fused-ring (bicyclic) bond motifs is 1. The molecule has 1 aliphatic rings. The van der Waals surface area contributed by atoms with E-state index in [9.17, 15) is 17.6 Å². The van der Waals surface area contributed by atoms with Crippen LogP contribution in [-0.4, -0.2) is 52.2 Å². The first-order valence-corrected chi connectivity index (χ1v) is 12.0. The molecule has 0 fully saturated rings. The molecule has 1 N–H and O–H groups in total. The third-order valence-corrected chi connectivity index (χ3v) is 6.41. The second-order valence-electron chi connectivity index (χ2n) is 7.56. The molecule has 0 spiro atoms. The van der Waals surface area contributed by atoms with E-state index >= 15 is 0 Å². The number of amides is 1. The van der Waals surface area contributed by atoms with Crippen LogP contribution in [0.4, 0.5) is 4.39 Å². The number of sulfonamides is 1. The molecule has 0 bridgehead atoms. The van der Waals surface area contributed by atoms with E-state index < -0.39 is 16.1 Å². The number of nitrogens with one attached hydrogen (secondary N) is 1. The number of halogens is 1. The molecule has 1 amide bonds. The zero-order valence-electron chi connectivity index (χ0n) is 17.8. The maximum absolute atomic E-state index is 13.3. The molecule has 1 aliphatic heterocycles. The van der Waals surface area contributed by atoms with Gasteiger partial charge in [0.15, 0.2) is 0 Å². The van der Waals surface area contributed by atoms with E-state index in [-0.39, 0.29) is 18.3 Å². The van der Waals surface area contributed by atoms with Crippen LogP contribution in [0.2, 0.25) is 0 Å². The van der Waals surface area contributed by atoms with Gasteiger partial charge in [-0.2, -0.15) is 5.10 Å². The normalized spacial score (nSPS) is 14.7. The lowest BCUT2D eigenvalue weighted by Crippen LogP contribution is -2.37. The van der Waals surface area contributed by atoms with Crippen LogP contribution in [0, 0.1) is 5.82 Å². The lowest BCUT2D eigenvalue weighted by molar-refractivity contribution is 0.0944. The Morgan fingerprint density at radius 3 is 2.67 bits per heavy atom. The van der Waals surface area contributed by atoms with Crippen molar-refractivity contribution in [3.8, 4) is 5.69 Å². The maximum Gasteiger partial charge on any atom is 0.254 e. The summed E-state index contributed by atoms with van der Waals surface area (Å²) in [5.74, 6) is -0.703. The summed E-state index contributed by atoms with van der Waals surface area (Å²) in [7, 11) is -3.34. The Balaban J connectivity index is 1.60. The molecule has 4 rings (SSSR count). The molecule has 0 unspecified atom stereocenters. The Morgan fingerprint density at radius 2 is 2.03 bits per heavy atom. The first-order chi connectivity index (χ1) is 15.8. The van der Waals surface area contributed by atoms with E-state index in [1.165, 1.54) is 28.8 Å². The minimum Gasteiger partial charge on any atom is -0.345 e. The summed E-state index contributed by atoms with van der Waals surface area (Å²) in [6.45, 7) is 3.95. The van der Waals surface area contributed by atoms with Gasteiger partial charge < -0.3 is 5.32 Å². The molecule has 3 heterocycles. The highest BCUT2D eigenvalue weighted by atomic mass is 32.2. The summed E-state index contributed by atoms with van der Waals surface area (Å²) in [6, 6.07) is 5.47. The molecular formula is C23H22FN5O3S. The standard InChI is InChI=1S/C23H22FN5O3S/c1-3-4-21(16-9-11-28(12-10-16)33(2,31)32)27-23(30)20-13-25-15-22-19(20)14-26-29(22)18-7-5-17(24)6-8-18/h3,5-11,13-15,21H,1,4,12H2,2H3,(H,27,30)/t21-/m1/s1. The van der Waals surface area contributed by atoms with Crippen LogP contribution < -0.4 is 5.32 Å². The second kappa shape index (κ2) is 8.99. The van der Waals surface area contributed by atoms with Crippen molar-refractivity contribution in [2.75, 3.05) is 12.8 Å². The number of hydrogen-bond acceptors (Lipinski definition) is 5. The van der Waals surface area contributed by atoms with Crippen LogP contribution in [0.5, 0.6) is 0 Å². The highest BCUT2D eigenvalue weighted by molar-refractivity contribution is 7.88. The zero-order valence-corrected chi connectivity index (χ0v) is 18.7. The molecule has 2 aromatic heterocycles. The predicted molar refractivity (Wildman–Crippen MR) is 124 cm³/mol. The average molecular weight is 468 g/mol. The second-order valence-corrected chi connectivity index (χ2v) is 9.49. The van der Waals surface area contributed by atoms with Gasteiger partial charge in [-0.05, 0) is 42.3 Å². The molecule has 10 heteroatoms. The Bertz CT molecular complexity index is 1380. The SMILES string of the molecule is C=CC[C@@H](NC(=O)c1cncc2c1cnn2-c1ccc(F)cc1)C1=CCN(S(C)(=O)=O)C=C1. The summed E-state index contributed by atoms with van der Waals surface area (Å²) in [6.07, 6.45) is 12.8.